The van der Waals surface area contributed by atoms with Crippen LogP contribution in [0.4, 0.5) is 13.2 Å². The number of sulfonamides is 1. The molecule has 2 aromatic heterocycles. The van der Waals surface area contributed by atoms with Crippen LogP contribution in [-0.2, 0) is 15.6 Å². The van der Waals surface area contributed by atoms with E-state index >= 15 is 0 Å². The van der Waals surface area contributed by atoms with E-state index in [1.54, 1.807) is 36.4 Å². The van der Waals surface area contributed by atoms with E-state index in [2.05, 4.69) is 9.71 Å². The van der Waals surface area contributed by atoms with Crippen molar-refractivity contribution in [1.82, 2.24) is 9.71 Å². The maximum Gasteiger partial charge on any atom is 0.421 e. The van der Waals surface area contributed by atoms with Crippen LogP contribution in [0, 0.1) is 0 Å². The van der Waals surface area contributed by atoms with Crippen molar-refractivity contribution in [2.45, 2.75) is 42.8 Å². The first kappa shape index (κ1) is 26.1. The van der Waals surface area contributed by atoms with E-state index in [4.69, 9.17) is 11.6 Å². The summed E-state index contributed by atoms with van der Waals surface area (Å²) in [7, 11) is -3.58. The van der Waals surface area contributed by atoms with Gasteiger partial charge in [0.15, 0.2) is 5.60 Å². The third-order valence-corrected chi connectivity index (χ3v) is 9.97. The Bertz CT molecular complexity index is 1580. The van der Waals surface area contributed by atoms with Crippen LogP contribution in [0.3, 0.4) is 0 Å². The Balaban J connectivity index is 1.62. The molecule has 2 N–H and O–H groups in total. The molecule has 0 saturated heterocycles. The molecule has 2 heterocycles. The zero-order valence-electron chi connectivity index (χ0n) is 19.5. The van der Waals surface area contributed by atoms with Crippen LogP contribution in [-0.4, -0.2) is 29.9 Å². The molecule has 0 radical (unpaired) electrons. The van der Waals surface area contributed by atoms with Gasteiger partial charge in [-0.25, -0.2) is 13.1 Å². The van der Waals surface area contributed by atoms with E-state index in [9.17, 15) is 26.7 Å². The fourth-order valence-corrected chi connectivity index (χ4v) is 7.20. The van der Waals surface area contributed by atoms with Gasteiger partial charge in [-0.2, -0.15) is 13.2 Å². The largest absolute Gasteiger partial charge is 0.421 e. The van der Waals surface area contributed by atoms with Crippen molar-refractivity contribution < 1.29 is 26.7 Å². The Kier molecular flexibility index (Phi) is 6.60. The molecule has 5 rings (SSSR count). The molecule has 194 valence electrons. The van der Waals surface area contributed by atoms with Crippen LogP contribution in [0.1, 0.15) is 41.8 Å². The maximum absolute atomic E-state index is 13.5. The summed E-state index contributed by atoms with van der Waals surface area (Å²) in [5, 5.41) is 10.9. The zero-order chi connectivity index (χ0) is 26.6. The Morgan fingerprint density at radius 3 is 2.51 bits per heavy atom. The minimum Gasteiger partial charge on any atom is -0.376 e. The third-order valence-electron chi connectivity index (χ3n) is 6.46. The monoisotopic (exact) mass is 566 g/mol. The third kappa shape index (κ3) is 5.00. The highest BCUT2D eigenvalue weighted by molar-refractivity contribution is 7.90. The lowest BCUT2D eigenvalue weighted by molar-refractivity contribution is -0.258. The van der Waals surface area contributed by atoms with Crippen molar-refractivity contribution in [1.29, 1.82) is 0 Å². The Labute approximate surface area is 221 Å². The predicted octanol–water partition coefficient (Wildman–Crippen LogP) is 6.56. The summed E-state index contributed by atoms with van der Waals surface area (Å²) in [6.07, 6.45) is -2.43. The van der Waals surface area contributed by atoms with Gasteiger partial charge in [-0.3, -0.25) is 4.98 Å². The molecule has 0 bridgehead atoms. The molecule has 1 unspecified atom stereocenters. The van der Waals surface area contributed by atoms with E-state index in [1.807, 2.05) is 12.1 Å². The van der Waals surface area contributed by atoms with Crippen molar-refractivity contribution in [2.24, 2.45) is 0 Å². The molecule has 1 saturated carbocycles. The first-order chi connectivity index (χ1) is 17.4. The Morgan fingerprint density at radius 1 is 1.11 bits per heavy atom. The number of fused-ring (bicyclic) bond motifs is 1. The lowest BCUT2D eigenvalue weighted by Gasteiger charge is -2.26. The topological polar surface area (TPSA) is 79.3 Å². The van der Waals surface area contributed by atoms with Gasteiger partial charge in [-0.15, -0.1) is 11.3 Å². The summed E-state index contributed by atoms with van der Waals surface area (Å²) in [6.45, 7) is 0.704. The van der Waals surface area contributed by atoms with Gasteiger partial charge >= 0.3 is 6.18 Å². The number of alkyl halides is 3. The van der Waals surface area contributed by atoms with Crippen LogP contribution >= 0.6 is 22.9 Å². The molecule has 0 amide bonds. The molecule has 0 aliphatic heterocycles. The molecule has 37 heavy (non-hydrogen) atoms. The quantitative estimate of drug-likeness (QED) is 0.266. The average molecular weight is 567 g/mol. The second kappa shape index (κ2) is 9.36. The summed E-state index contributed by atoms with van der Waals surface area (Å²) in [4.78, 5) is 4.95. The molecule has 1 aliphatic carbocycles. The molecular weight excluding hydrogens is 545 g/mol. The highest BCUT2D eigenvalue weighted by Gasteiger charge is 2.51. The number of pyridine rings is 1. The number of halogens is 4. The van der Waals surface area contributed by atoms with Gasteiger partial charge in [-0.1, -0.05) is 48.0 Å². The SMILES string of the molecule is C[C@@](O)(c1ccnc(-c2cccc3cc(C(NS(=O)(=O)C4CC4)c4ccccc4Cl)sc23)c1)C(F)(F)F. The van der Waals surface area contributed by atoms with Crippen molar-refractivity contribution in [3.63, 3.8) is 0 Å². The van der Waals surface area contributed by atoms with E-state index in [0.29, 0.717) is 40.8 Å². The second-order valence-electron chi connectivity index (χ2n) is 9.19. The lowest BCUT2D eigenvalue weighted by Crippen LogP contribution is -2.39. The molecule has 1 aliphatic rings. The van der Waals surface area contributed by atoms with Gasteiger partial charge in [0.25, 0.3) is 0 Å². The molecule has 5 nitrogen and oxygen atoms in total. The zero-order valence-corrected chi connectivity index (χ0v) is 21.8. The highest BCUT2D eigenvalue weighted by Crippen LogP contribution is 2.43. The molecule has 2 aromatic carbocycles. The molecule has 1 fully saturated rings. The number of aromatic nitrogens is 1. The second-order valence-corrected chi connectivity index (χ2v) is 12.7. The molecular formula is C26H22ClF3N2O3S2. The fourth-order valence-electron chi connectivity index (χ4n) is 4.09. The smallest absolute Gasteiger partial charge is 0.376 e. The molecule has 2 atom stereocenters. The van der Waals surface area contributed by atoms with E-state index in [-0.39, 0.29) is 11.3 Å². The number of rotatable bonds is 7. The van der Waals surface area contributed by atoms with E-state index < -0.39 is 33.1 Å². The van der Waals surface area contributed by atoms with Crippen LogP contribution in [0.5, 0.6) is 0 Å². The molecule has 4 aromatic rings. The van der Waals surface area contributed by atoms with Gasteiger partial charge in [0.1, 0.15) is 0 Å². The number of aliphatic hydroxyl groups is 1. The summed E-state index contributed by atoms with van der Waals surface area (Å²) >= 11 is 7.77. The van der Waals surface area contributed by atoms with Crippen molar-refractivity contribution in [3.05, 3.63) is 87.9 Å². The highest BCUT2D eigenvalue weighted by atomic mass is 35.5. The summed E-state index contributed by atoms with van der Waals surface area (Å²) in [6, 6.07) is 15.8. The Hall–Kier alpha value is -2.50. The van der Waals surface area contributed by atoms with Gasteiger partial charge in [0.2, 0.25) is 10.0 Å². The normalized spacial score (nSPS) is 17.0. The maximum atomic E-state index is 13.5. The van der Waals surface area contributed by atoms with Gasteiger partial charge < -0.3 is 5.11 Å². The summed E-state index contributed by atoms with van der Waals surface area (Å²) in [5.74, 6) is 0. The molecule has 11 heteroatoms. The number of nitrogens with one attached hydrogen (secondary N) is 1. The van der Waals surface area contributed by atoms with Gasteiger partial charge in [-0.05, 0) is 60.5 Å². The van der Waals surface area contributed by atoms with Crippen LogP contribution in [0.15, 0.2) is 66.9 Å². The summed E-state index contributed by atoms with van der Waals surface area (Å²) in [5.41, 5.74) is -1.95. The standard InChI is InChI=1S/C26H22ClF3N2O3S2/c1-25(33,26(28,29)30)16-11-12-31-21(14-16)19-7-4-5-15-13-22(36-24(15)19)23(18-6-2-3-8-20(18)27)32-37(34,35)17-9-10-17/h2-8,11-14,17,23,32-33H,9-10H2,1H3/t23?,25-/m1/s1. The average Bonchev–Trinajstić information content (AvgIpc) is 3.62. The van der Waals surface area contributed by atoms with Gasteiger partial charge in [0.05, 0.1) is 17.0 Å². The number of hydrogen-bond donors (Lipinski definition) is 2. The first-order valence-corrected chi connectivity index (χ1v) is 14.2. The predicted molar refractivity (Wildman–Crippen MR) is 139 cm³/mol. The van der Waals surface area contributed by atoms with Crippen molar-refractivity contribution >= 4 is 43.0 Å². The number of benzene rings is 2. The van der Waals surface area contributed by atoms with Crippen LogP contribution < -0.4 is 4.72 Å². The number of nitrogens with zero attached hydrogens (tertiary/aromatic N) is 1. The summed E-state index contributed by atoms with van der Waals surface area (Å²) < 4.78 is 69.7. The minimum absolute atomic E-state index is 0.258. The lowest BCUT2D eigenvalue weighted by atomic mass is 9.94. The minimum atomic E-state index is -4.87. The number of hydrogen-bond acceptors (Lipinski definition) is 5. The fraction of sp³-hybridized carbons (Fsp3) is 0.269. The van der Waals surface area contributed by atoms with E-state index in [0.717, 1.165) is 16.2 Å². The van der Waals surface area contributed by atoms with Crippen LogP contribution in [0.25, 0.3) is 21.3 Å². The van der Waals surface area contributed by atoms with Crippen molar-refractivity contribution in [2.75, 3.05) is 0 Å². The van der Waals surface area contributed by atoms with Gasteiger partial charge in [0, 0.05) is 26.4 Å². The van der Waals surface area contributed by atoms with Crippen LogP contribution in [0.2, 0.25) is 5.02 Å². The number of thiophene rings is 1. The Morgan fingerprint density at radius 2 is 1.84 bits per heavy atom. The van der Waals surface area contributed by atoms with E-state index in [1.165, 1.54) is 23.6 Å². The van der Waals surface area contributed by atoms with Crippen molar-refractivity contribution in [3.8, 4) is 11.3 Å². The first-order valence-electron chi connectivity index (χ1n) is 11.4. The molecule has 0 spiro atoms.